The van der Waals surface area contributed by atoms with E-state index in [0.29, 0.717) is 6.54 Å². The predicted molar refractivity (Wildman–Crippen MR) is 54.7 cm³/mol. The zero-order valence-corrected chi connectivity index (χ0v) is 8.71. The number of hydrogen-bond donors (Lipinski definition) is 3. The van der Waals surface area contributed by atoms with E-state index in [-0.39, 0.29) is 25.8 Å². The summed E-state index contributed by atoms with van der Waals surface area (Å²) in [4.78, 5) is 21.0. The van der Waals surface area contributed by atoms with E-state index in [4.69, 9.17) is 9.84 Å². The molecule has 0 rings (SSSR count). The van der Waals surface area contributed by atoms with Gasteiger partial charge in [-0.2, -0.15) is 0 Å². The van der Waals surface area contributed by atoms with Gasteiger partial charge in [-0.3, -0.25) is 0 Å². The van der Waals surface area contributed by atoms with Gasteiger partial charge in [0.05, 0.1) is 6.61 Å². The van der Waals surface area contributed by atoms with E-state index < -0.39 is 5.97 Å². The van der Waals surface area contributed by atoms with E-state index in [0.717, 1.165) is 5.57 Å². The molecule has 0 saturated carbocycles. The molecule has 0 unspecified atom stereocenters. The summed E-state index contributed by atoms with van der Waals surface area (Å²) >= 11 is 0. The molecule has 0 saturated heterocycles. The Balaban J connectivity index is 3.31. The second kappa shape index (κ2) is 7.81. The summed E-state index contributed by atoms with van der Waals surface area (Å²) < 4.78 is 4.71. The van der Waals surface area contributed by atoms with Crippen molar-refractivity contribution >= 4 is 12.0 Å². The number of urea groups is 1. The fourth-order valence-corrected chi connectivity index (χ4v) is 0.690. The summed E-state index contributed by atoms with van der Waals surface area (Å²) in [6, 6.07) is -0.322. The lowest BCUT2D eigenvalue weighted by Gasteiger charge is -2.06. The highest BCUT2D eigenvalue weighted by Gasteiger charge is 1.99. The van der Waals surface area contributed by atoms with Crippen LogP contribution in [0.25, 0.3) is 0 Å². The van der Waals surface area contributed by atoms with Crippen LogP contribution in [0.1, 0.15) is 6.92 Å². The third-order valence-corrected chi connectivity index (χ3v) is 1.31. The molecule has 0 spiro atoms. The van der Waals surface area contributed by atoms with Crippen LogP contribution in [0, 0.1) is 0 Å². The molecule has 3 N–H and O–H groups in total. The first-order valence-corrected chi connectivity index (χ1v) is 4.48. The van der Waals surface area contributed by atoms with Crippen molar-refractivity contribution in [1.82, 2.24) is 10.6 Å². The Morgan fingerprint density at radius 1 is 1.40 bits per heavy atom. The van der Waals surface area contributed by atoms with Gasteiger partial charge in [-0.1, -0.05) is 12.2 Å². The molecule has 0 bridgehead atoms. The van der Waals surface area contributed by atoms with Crippen LogP contribution in [-0.4, -0.2) is 43.4 Å². The lowest BCUT2D eigenvalue weighted by atomic mass is 10.3. The fraction of sp³-hybridized carbons (Fsp3) is 0.556. The number of aliphatic carboxylic acids is 1. The Morgan fingerprint density at radius 3 is 2.60 bits per heavy atom. The number of hydrogen-bond acceptors (Lipinski definition) is 3. The fourth-order valence-electron chi connectivity index (χ4n) is 0.690. The largest absolute Gasteiger partial charge is 0.480 e. The van der Waals surface area contributed by atoms with Crippen molar-refractivity contribution in [3.63, 3.8) is 0 Å². The Hall–Kier alpha value is -1.56. The van der Waals surface area contributed by atoms with Gasteiger partial charge in [0.25, 0.3) is 0 Å². The van der Waals surface area contributed by atoms with Crippen molar-refractivity contribution < 1.29 is 19.4 Å². The number of amides is 2. The minimum Gasteiger partial charge on any atom is -0.480 e. The maximum absolute atomic E-state index is 11.0. The van der Waals surface area contributed by atoms with E-state index in [1.54, 1.807) is 6.92 Å². The van der Waals surface area contributed by atoms with Crippen LogP contribution < -0.4 is 10.6 Å². The van der Waals surface area contributed by atoms with E-state index in [1.165, 1.54) is 0 Å². The van der Waals surface area contributed by atoms with Crippen LogP contribution in [0.15, 0.2) is 12.2 Å². The average Bonchev–Trinajstić information content (AvgIpc) is 2.13. The molecule has 86 valence electrons. The van der Waals surface area contributed by atoms with Crippen LogP contribution in [0.4, 0.5) is 4.79 Å². The Morgan fingerprint density at radius 2 is 2.07 bits per heavy atom. The van der Waals surface area contributed by atoms with Crippen molar-refractivity contribution in [2.45, 2.75) is 6.92 Å². The van der Waals surface area contributed by atoms with Gasteiger partial charge in [-0.25, -0.2) is 9.59 Å². The van der Waals surface area contributed by atoms with Gasteiger partial charge in [0, 0.05) is 13.1 Å². The predicted octanol–water partition coefficient (Wildman–Crippen LogP) is -0.0371. The maximum Gasteiger partial charge on any atom is 0.329 e. The summed E-state index contributed by atoms with van der Waals surface area (Å²) in [5, 5.41) is 13.3. The highest BCUT2D eigenvalue weighted by Crippen LogP contribution is 1.81. The highest BCUT2D eigenvalue weighted by atomic mass is 16.5. The van der Waals surface area contributed by atoms with Crippen LogP contribution in [0.5, 0.6) is 0 Å². The van der Waals surface area contributed by atoms with Gasteiger partial charge in [0.15, 0.2) is 0 Å². The lowest BCUT2D eigenvalue weighted by Crippen LogP contribution is -2.38. The zero-order valence-electron chi connectivity index (χ0n) is 8.71. The molecule has 15 heavy (non-hydrogen) atoms. The van der Waals surface area contributed by atoms with Gasteiger partial charge in [0.1, 0.15) is 6.61 Å². The number of nitrogens with one attached hydrogen (secondary N) is 2. The van der Waals surface area contributed by atoms with Crippen molar-refractivity contribution in [2.75, 3.05) is 26.3 Å². The van der Waals surface area contributed by atoms with Crippen LogP contribution in [-0.2, 0) is 9.53 Å². The minimum absolute atomic E-state index is 0.173. The first-order chi connectivity index (χ1) is 7.02. The molecule has 0 aromatic carbocycles. The first kappa shape index (κ1) is 13.4. The minimum atomic E-state index is -1.03. The standard InChI is InChI=1S/C9H16N2O4/c1-7(2)5-11-9(14)10-3-4-15-6-8(12)13/h1,3-6H2,2H3,(H,12,13)(H2,10,11,14). The SMILES string of the molecule is C=C(C)CNC(=O)NCCOCC(=O)O. The Kier molecular flexibility index (Phi) is 7.00. The van der Waals surface area contributed by atoms with Crippen molar-refractivity contribution in [3.05, 3.63) is 12.2 Å². The molecular weight excluding hydrogens is 200 g/mol. The lowest BCUT2D eigenvalue weighted by molar-refractivity contribution is -0.142. The molecule has 6 nitrogen and oxygen atoms in total. The normalized spacial score (nSPS) is 9.40. The summed E-state index contributed by atoms with van der Waals surface area (Å²) in [7, 11) is 0. The second-order valence-corrected chi connectivity index (χ2v) is 3.01. The number of carboxylic acid groups (broad SMARTS) is 1. The second-order valence-electron chi connectivity index (χ2n) is 3.01. The number of carbonyl (C=O) groups excluding carboxylic acids is 1. The molecule has 0 aromatic rings. The smallest absolute Gasteiger partial charge is 0.329 e. The summed E-state index contributed by atoms with van der Waals surface area (Å²) in [6.07, 6.45) is 0. The van der Waals surface area contributed by atoms with E-state index in [9.17, 15) is 9.59 Å². The van der Waals surface area contributed by atoms with E-state index >= 15 is 0 Å². The van der Waals surface area contributed by atoms with Crippen molar-refractivity contribution in [3.8, 4) is 0 Å². The molecule has 0 aliphatic heterocycles. The molecule has 0 heterocycles. The van der Waals surface area contributed by atoms with Gasteiger partial charge in [-0.15, -0.1) is 0 Å². The first-order valence-electron chi connectivity index (χ1n) is 4.48. The van der Waals surface area contributed by atoms with Crippen molar-refractivity contribution in [1.29, 1.82) is 0 Å². The Labute approximate surface area is 88.3 Å². The molecular formula is C9H16N2O4. The zero-order chi connectivity index (χ0) is 11.7. The summed E-state index contributed by atoms with van der Waals surface area (Å²) in [6.45, 7) is 5.94. The topological polar surface area (TPSA) is 87.7 Å². The van der Waals surface area contributed by atoms with E-state index in [1.807, 2.05) is 0 Å². The molecule has 0 radical (unpaired) electrons. The summed E-state index contributed by atoms with van der Waals surface area (Å²) in [5.41, 5.74) is 0.854. The van der Waals surface area contributed by atoms with Crippen molar-refractivity contribution in [2.24, 2.45) is 0 Å². The van der Waals surface area contributed by atoms with E-state index in [2.05, 4.69) is 17.2 Å². The monoisotopic (exact) mass is 216 g/mol. The van der Waals surface area contributed by atoms with Gasteiger partial charge in [0.2, 0.25) is 0 Å². The number of ether oxygens (including phenoxy) is 1. The molecule has 2 amide bonds. The molecule has 0 aromatic heterocycles. The van der Waals surface area contributed by atoms with Crippen LogP contribution in [0.3, 0.4) is 0 Å². The molecule has 0 fully saturated rings. The van der Waals surface area contributed by atoms with Crippen LogP contribution >= 0.6 is 0 Å². The van der Waals surface area contributed by atoms with Gasteiger partial charge < -0.3 is 20.5 Å². The molecule has 0 atom stereocenters. The number of carbonyl (C=O) groups is 2. The third-order valence-electron chi connectivity index (χ3n) is 1.31. The van der Waals surface area contributed by atoms with Gasteiger partial charge in [-0.05, 0) is 6.92 Å². The maximum atomic E-state index is 11.0. The Bertz CT molecular complexity index is 240. The molecule has 0 aliphatic rings. The summed E-state index contributed by atoms with van der Waals surface area (Å²) in [5.74, 6) is -1.03. The quantitative estimate of drug-likeness (QED) is 0.411. The molecule has 0 aliphatic carbocycles. The van der Waals surface area contributed by atoms with Gasteiger partial charge >= 0.3 is 12.0 Å². The average molecular weight is 216 g/mol. The number of carboxylic acids is 1. The molecule has 6 heteroatoms. The number of rotatable bonds is 7. The highest BCUT2D eigenvalue weighted by molar-refractivity contribution is 5.74. The van der Waals surface area contributed by atoms with Crippen LogP contribution in [0.2, 0.25) is 0 Å². The third kappa shape index (κ3) is 10.4.